The number of carbonyl (C=O) groups is 5. The minimum absolute atomic E-state index is 0.0753. The van der Waals surface area contributed by atoms with Crippen LogP contribution in [0.25, 0.3) is 0 Å². The Bertz CT molecular complexity index is 1480. The first-order valence-corrected chi connectivity index (χ1v) is 10.9. The van der Waals surface area contributed by atoms with E-state index in [-0.39, 0.29) is 28.4 Å². The molecule has 0 aliphatic carbocycles. The van der Waals surface area contributed by atoms with Crippen LogP contribution >= 0.6 is 0 Å². The molecule has 37 heavy (non-hydrogen) atoms. The van der Waals surface area contributed by atoms with Crippen molar-refractivity contribution in [3.63, 3.8) is 0 Å². The van der Waals surface area contributed by atoms with Crippen molar-refractivity contribution in [2.75, 3.05) is 5.32 Å². The van der Waals surface area contributed by atoms with E-state index in [0.717, 1.165) is 24.3 Å². The number of nitrogens with one attached hydrogen (secondary N) is 1. The van der Waals surface area contributed by atoms with Crippen LogP contribution in [0.4, 0.5) is 11.4 Å². The lowest BCUT2D eigenvalue weighted by molar-refractivity contribution is -0.384. The van der Waals surface area contributed by atoms with Crippen LogP contribution in [0.5, 0.6) is 0 Å². The molecule has 0 spiro atoms. The third-order valence-electron chi connectivity index (χ3n) is 5.54. The Morgan fingerprint density at radius 3 is 2.22 bits per heavy atom. The van der Waals surface area contributed by atoms with Crippen LogP contribution in [0, 0.1) is 16.0 Å². The largest absolute Gasteiger partial charge is 0.319 e. The molecule has 1 N–H and O–H groups in total. The Kier molecular flexibility index (Phi) is 6.78. The third kappa shape index (κ3) is 5.05. The van der Waals surface area contributed by atoms with Crippen molar-refractivity contribution in [1.82, 2.24) is 5.01 Å². The van der Waals surface area contributed by atoms with Crippen LogP contribution in [-0.4, -0.2) is 44.9 Å². The zero-order valence-corrected chi connectivity index (χ0v) is 19.3. The van der Waals surface area contributed by atoms with Gasteiger partial charge in [0.05, 0.1) is 10.6 Å². The summed E-state index contributed by atoms with van der Waals surface area (Å²) >= 11 is 0. The maximum absolute atomic E-state index is 13.3. The second-order valence-corrected chi connectivity index (χ2v) is 8.00. The smallest absolute Gasteiger partial charge is 0.293 e. The van der Waals surface area contributed by atoms with Crippen LogP contribution in [0.15, 0.2) is 84.0 Å². The quantitative estimate of drug-likeness (QED) is 0.131. The van der Waals surface area contributed by atoms with Gasteiger partial charge in [0, 0.05) is 28.9 Å². The maximum atomic E-state index is 13.3. The van der Waals surface area contributed by atoms with E-state index in [9.17, 15) is 34.1 Å². The van der Waals surface area contributed by atoms with Gasteiger partial charge in [-0.05, 0) is 36.8 Å². The highest BCUT2D eigenvalue weighted by Crippen LogP contribution is 2.25. The lowest BCUT2D eigenvalue weighted by Gasteiger charge is -2.13. The van der Waals surface area contributed by atoms with Gasteiger partial charge in [-0.15, -0.1) is 0 Å². The number of rotatable bonds is 7. The summed E-state index contributed by atoms with van der Waals surface area (Å²) in [6.07, 6.45) is 0. The number of amides is 3. The Morgan fingerprint density at radius 2 is 1.59 bits per heavy atom. The molecular formula is C26H18N4O7. The van der Waals surface area contributed by atoms with E-state index < -0.39 is 34.3 Å². The van der Waals surface area contributed by atoms with E-state index in [4.69, 9.17) is 0 Å². The monoisotopic (exact) mass is 498 g/mol. The summed E-state index contributed by atoms with van der Waals surface area (Å²) in [5.74, 6) is -6.20. The number of nitro benzene ring substituents is 1. The van der Waals surface area contributed by atoms with E-state index in [1.54, 1.807) is 36.4 Å². The molecule has 0 radical (unpaired) electrons. The molecule has 11 nitrogen and oxygen atoms in total. The first-order chi connectivity index (χ1) is 17.7. The highest BCUT2D eigenvalue weighted by Gasteiger charge is 2.46. The minimum atomic E-state index is -1.71. The Labute approximate surface area is 209 Å². The summed E-state index contributed by atoms with van der Waals surface area (Å²) in [6.45, 7) is 1.35. The first kappa shape index (κ1) is 24.8. The average molecular weight is 498 g/mol. The lowest BCUT2D eigenvalue weighted by atomic mass is 9.92. The first-order valence-electron chi connectivity index (χ1n) is 10.9. The van der Waals surface area contributed by atoms with Crippen molar-refractivity contribution in [2.24, 2.45) is 11.0 Å². The van der Waals surface area contributed by atoms with Crippen LogP contribution in [0.3, 0.4) is 0 Å². The molecular weight excluding hydrogens is 480 g/mol. The fourth-order valence-electron chi connectivity index (χ4n) is 3.66. The number of imide groups is 1. The summed E-state index contributed by atoms with van der Waals surface area (Å²) < 4.78 is 0. The molecule has 0 saturated heterocycles. The van der Waals surface area contributed by atoms with Gasteiger partial charge < -0.3 is 5.32 Å². The van der Waals surface area contributed by atoms with E-state index in [1.165, 1.54) is 25.1 Å². The Balaban J connectivity index is 1.65. The number of hydrogen-bond acceptors (Lipinski definition) is 8. The SMILES string of the molecule is CC(=O)c1cccc(NC(=O)C(=O)C2C(=O)N(C(=O)c3ccc([N+](=O)[O-])cc3)N=C2c2ccccc2)c1. The molecule has 0 aromatic heterocycles. The van der Waals surface area contributed by atoms with Gasteiger partial charge in [-0.3, -0.25) is 34.1 Å². The highest BCUT2D eigenvalue weighted by molar-refractivity contribution is 6.51. The van der Waals surface area contributed by atoms with Crippen molar-refractivity contribution in [2.45, 2.75) is 6.92 Å². The van der Waals surface area contributed by atoms with Gasteiger partial charge in [0.1, 0.15) is 0 Å². The number of non-ortho nitro benzene ring substituents is 1. The number of ketones is 2. The zero-order chi connectivity index (χ0) is 26.7. The summed E-state index contributed by atoms with van der Waals surface area (Å²) in [6, 6.07) is 18.6. The topological polar surface area (TPSA) is 156 Å². The second-order valence-electron chi connectivity index (χ2n) is 8.00. The van der Waals surface area contributed by atoms with Crippen molar-refractivity contribution < 1.29 is 28.9 Å². The number of Topliss-reactive ketones (excluding diaryl/α,β-unsaturated/α-hetero) is 2. The number of nitrogens with zero attached hydrogens (tertiary/aromatic N) is 3. The molecule has 0 fully saturated rings. The fraction of sp³-hybridized carbons (Fsp3) is 0.0769. The number of hydrogen-bond donors (Lipinski definition) is 1. The second kappa shape index (κ2) is 10.1. The standard InChI is InChI=1S/C26H18N4O7/c1-15(31)18-8-5-9-19(14-18)27-24(33)23(32)21-22(16-6-3-2-4-7-16)28-29(26(21)35)25(34)17-10-12-20(13-11-17)30(36)37/h2-14,21H,1H3,(H,27,33). The lowest BCUT2D eigenvalue weighted by Crippen LogP contribution is -2.41. The molecule has 3 aromatic rings. The van der Waals surface area contributed by atoms with Gasteiger partial charge in [-0.1, -0.05) is 42.5 Å². The van der Waals surface area contributed by atoms with Crippen molar-refractivity contribution in [1.29, 1.82) is 0 Å². The van der Waals surface area contributed by atoms with Gasteiger partial charge in [0.25, 0.3) is 23.4 Å². The number of nitro groups is 1. The van der Waals surface area contributed by atoms with Crippen LogP contribution < -0.4 is 5.32 Å². The van der Waals surface area contributed by atoms with E-state index in [1.807, 2.05) is 0 Å². The highest BCUT2D eigenvalue weighted by atomic mass is 16.6. The Hall–Kier alpha value is -5.32. The maximum Gasteiger partial charge on any atom is 0.293 e. The van der Waals surface area contributed by atoms with Gasteiger partial charge >= 0.3 is 0 Å². The van der Waals surface area contributed by atoms with Gasteiger partial charge in [0.2, 0.25) is 5.78 Å². The molecule has 184 valence electrons. The van der Waals surface area contributed by atoms with Gasteiger partial charge in [-0.25, -0.2) is 0 Å². The molecule has 11 heteroatoms. The predicted molar refractivity (Wildman–Crippen MR) is 131 cm³/mol. The molecule has 1 heterocycles. The van der Waals surface area contributed by atoms with Gasteiger partial charge in [-0.2, -0.15) is 10.1 Å². The third-order valence-corrected chi connectivity index (χ3v) is 5.54. The van der Waals surface area contributed by atoms with Crippen LogP contribution in [0.1, 0.15) is 33.2 Å². The summed E-state index contributed by atoms with van der Waals surface area (Å²) in [5, 5.41) is 17.8. The van der Waals surface area contributed by atoms with E-state index in [0.29, 0.717) is 16.1 Å². The molecule has 3 amide bonds. The van der Waals surface area contributed by atoms with Crippen molar-refractivity contribution in [3.05, 3.63) is 106 Å². The fourth-order valence-corrected chi connectivity index (χ4v) is 3.66. The molecule has 1 atom stereocenters. The number of benzene rings is 3. The summed E-state index contributed by atoms with van der Waals surface area (Å²) in [4.78, 5) is 74.2. The molecule has 1 aliphatic rings. The molecule has 1 unspecified atom stereocenters. The Morgan fingerprint density at radius 1 is 0.919 bits per heavy atom. The summed E-state index contributed by atoms with van der Waals surface area (Å²) in [7, 11) is 0. The molecule has 0 saturated carbocycles. The molecule has 3 aromatic carbocycles. The van der Waals surface area contributed by atoms with Gasteiger partial charge in [0.15, 0.2) is 11.7 Å². The average Bonchev–Trinajstić information content (AvgIpc) is 3.25. The van der Waals surface area contributed by atoms with E-state index in [2.05, 4.69) is 10.4 Å². The number of carbonyl (C=O) groups excluding carboxylic acids is 5. The molecule has 0 bridgehead atoms. The van der Waals surface area contributed by atoms with Crippen molar-refractivity contribution >= 4 is 46.4 Å². The van der Waals surface area contributed by atoms with Crippen LogP contribution in [-0.2, 0) is 14.4 Å². The normalized spacial score (nSPS) is 14.6. The van der Waals surface area contributed by atoms with Crippen LogP contribution in [0.2, 0.25) is 0 Å². The van der Waals surface area contributed by atoms with Crippen molar-refractivity contribution in [3.8, 4) is 0 Å². The predicted octanol–water partition coefficient (Wildman–Crippen LogP) is 3.01. The number of anilines is 1. The molecule has 1 aliphatic heterocycles. The zero-order valence-electron chi connectivity index (χ0n) is 19.3. The summed E-state index contributed by atoms with van der Waals surface area (Å²) in [5.41, 5.74) is 0.408. The van der Waals surface area contributed by atoms with E-state index >= 15 is 0 Å². The number of hydrazone groups is 1. The minimum Gasteiger partial charge on any atom is -0.319 e. The molecule has 4 rings (SSSR count).